The van der Waals surface area contributed by atoms with Crippen LogP contribution < -0.4 is 0 Å². The van der Waals surface area contributed by atoms with Crippen molar-refractivity contribution in [3.05, 3.63) is 48.5 Å². The van der Waals surface area contributed by atoms with E-state index < -0.39 is 7.82 Å². The van der Waals surface area contributed by atoms with E-state index in [1.165, 1.54) is 10.8 Å². The third kappa shape index (κ3) is 5.30. The van der Waals surface area contributed by atoms with Gasteiger partial charge in [-0.05, 0) is 10.8 Å². The minimum atomic E-state index is -4.64. The molecule has 0 saturated heterocycles. The smallest absolute Gasteiger partial charge is 0.303 e. The first-order valence-electron chi connectivity index (χ1n) is 4.19. The van der Waals surface area contributed by atoms with Gasteiger partial charge in [0, 0.05) is 0 Å². The van der Waals surface area contributed by atoms with Gasteiger partial charge >= 0.3 is 7.82 Å². The van der Waals surface area contributed by atoms with Gasteiger partial charge in [-0.15, -0.1) is 0 Å². The van der Waals surface area contributed by atoms with Crippen molar-refractivity contribution in [1.82, 2.24) is 0 Å². The Kier molecular flexibility index (Phi) is 4.00. The normalized spacial score (nSPS) is 10.6. The molecular weight excluding hydrogens is 215 g/mol. The van der Waals surface area contributed by atoms with Gasteiger partial charge in [-0.3, -0.25) is 0 Å². The van der Waals surface area contributed by atoms with Gasteiger partial charge in [-0.25, -0.2) is 4.57 Å². The summed E-state index contributed by atoms with van der Waals surface area (Å²) in [6, 6.07) is 16.7. The van der Waals surface area contributed by atoms with E-state index in [0.717, 1.165) is 0 Å². The quantitative estimate of drug-likeness (QED) is 0.599. The van der Waals surface area contributed by atoms with Gasteiger partial charge in [0.25, 0.3) is 0 Å². The van der Waals surface area contributed by atoms with E-state index in [1.54, 1.807) is 0 Å². The highest BCUT2D eigenvalue weighted by Crippen LogP contribution is 2.25. The van der Waals surface area contributed by atoms with Crippen LogP contribution in [0.4, 0.5) is 0 Å². The molecule has 2 aromatic rings. The van der Waals surface area contributed by atoms with Crippen LogP contribution in [0.1, 0.15) is 0 Å². The first-order chi connectivity index (χ1) is 6.97. The van der Waals surface area contributed by atoms with Gasteiger partial charge in [0.15, 0.2) is 0 Å². The summed E-state index contributed by atoms with van der Waals surface area (Å²) in [5, 5.41) is 2.62. The molecule has 0 atom stereocenters. The van der Waals surface area contributed by atoms with E-state index in [0.29, 0.717) is 0 Å². The Morgan fingerprint density at radius 3 is 1.13 bits per heavy atom. The second kappa shape index (κ2) is 5.05. The molecule has 0 heterocycles. The largest absolute Gasteiger partial charge is 0.466 e. The van der Waals surface area contributed by atoms with Gasteiger partial charge in [-0.1, -0.05) is 48.5 Å². The van der Waals surface area contributed by atoms with E-state index in [-0.39, 0.29) is 0 Å². The highest BCUT2D eigenvalue weighted by molar-refractivity contribution is 7.45. The van der Waals surface area contributed by atoms with Crippen molar-refractivity contribution in [2.45, 2.75) is 0 Å². The second-order valence-corrected chi connectivity index (χ2v) is 3.89. The summed E-state index contributed by atoms with van der Waals surface area (Å²) < 4.78 is 8.88. The average Bonchev–Trinajstić information content (AvgIpc) is 2.16. The van der Waals surface area contributed by atoms with Gasteiger partial charge < -0.3 is 14.7 Å². The van der Waals surface area contributed by atoms with Gasteiger partial charge in [0.05, 0.1) is 0 Å². The van der Waals surface area contributed by atoms with Crippen LogP contribution >= 0.6 is 7.82 Å². The highest BCUT2D eigenvalue weighted by atomic mass is 31.2. The Morgan fingerprint density at radius 2 is 0.933 bits per heavy atom. The zero-order valence-corrected chi connectivity index (χ0v) is 8.71. The zero-order valence-electron chi connectivity index (χ0n) is 7.82. The lowest BCUT2D eigenvalue weighted by Crippen LogP contribution is -1.67. The number of phosphoric acid groups is 1. The Morgan fingerprint density at radius 1 is 0.733 bits per heavy atom. The monoisotopic (exact) mass is 226 g/mol. The molecule has 4 nitrogen and oxygen atoms in total. The standard InChI is InChI=1S/C10H8.H3O4P/c1-2-6-10-8-4-3-7-9(10)5-1;1-5(2,3)4/h1-8H;(H3,1,2,3,4). The lowest BCUT2D eigenvalue weighted by Gasteiger charge is -1.92. The number of hydrogen-bond donors (Lipinski definition) is 3. The van der Waals surface area contributed by atoms with Crippen LogP contribution in [-0.2, 0) is 4.57 Å². The van der Waals surface area contributed by atoms with Crippen molar-refractivity contribution in [3.63, 3.8) is 0 Å². The molecular formula is C10H11O4P. The number of benzene rings is 2. The fraction of sp³-hybridized carbons (Fsp3) is 0. The fourth-order valence-corrected chi connectivity index (χ4v) is 1.13. The molecule has 3 N–H and O–H groups in total. The Hall–Kier alpha value is -1.19. The molecule has 0 aliphatic carbocycles. The van der Waals surface area contributed by atoms with E-state index in [2.05, 4.69) is 48.5 Å². The summed E-state index contributed by atoms with van der Waals surface area (Å²) in [5.41, 5.74) is 0. The number of rotatable bonds is 0. The SMILES string of the molecule is O=P(O)(O)O.c1ccc2ccccc2c1. The van der Waals surface area contributed by atoms with Crippen LogP contribution in [0.25, 0.3) is 10.8 Å². The predicted octanol–water partition coefficient (Wildman–Crippen LogP) is 1.91. The molecule has 0 unspecified atom stereocenters. The summed E-state index contributed by atoms with van der Waals surface area (Å²) >= 11 is 0. The van der Waals surface area contributed by atoms with Crippen LogP contribution in [0.2, 0.25) is 0 Å². The Bertz CT molecular complexity index is 404. The van der Waals surface area contributed by atoms with E-state index in [9.17, 15) is 0 Å². The van der Waals surface area contributed by atoms with Crippen molar-refractivity contribution in [2.24, 2.45) is 0 Å². The van der Waals surface area contributed by atoms with Crippen molar-refractivity contribution < 1.29 is 19.2 Å². The molecule has 0 aromatic heterocycles. The van der Waals surface area contributed by atoms with E-state index in [4.69, 9.17) is 19.2 Å². The highest BCUT2D eigenvalue weighted by Gasteiger charge is 2.00. The van der Waals surface area contributed by atoms with Gasteiger partial charge in [0.2, 0.25) is 0 Å². The van der Waals surface area contributed by atoms with Crippen LogP contribution in [0.5, 0.6) is 0 Å². The first-order valence-corrected chi connectivity index (χ1v) is 5.75. The maximum absolute atomic E-state index is 8.88. The topological polar surface area (TPSA) is 77.8 Å². The molecule has 15 heavy (non-hydrogen) atoms. The van der Waals surface area contributed by atoms with Crippen molar-refractivity contribution in [2.75, 3.05) is 0 Å². The summed E-state index contributed by atoms with van der Waals surface area (Å²) in [6.07, 6.45) is 0. The predicted molar refractivity (Wildman–Crippen MR) is 58.2 cm³/mol. The maximum atomic E-state index is 8.88. The third-order valence-corrected chi connectivity index (χ3v) is 1.66. The molecule has 0 fully saturated rings. The molecule has 0 aliphatic rings. The minimum absolute atomic E-state index is 1.31. The maximum Gasteiger partial charge on any atom is 0.466 e. The molecule has 0 amide bonds. The molecule has 80 valence electrons. The van der Waals surface area contributed by atoms with Gasteiger partial charge in [-0.2, -0.15) is 0 Å². The van der Waals surface area contributed by atoms with Crippen LogP contribution in [-0.4, -0.2) is 14.7 Å². The molecule has 0 radical (unpaired) electrons. The zero-order chi connectivity index (χ0) is 11.3. The lowest BCUT2D eigenvalue weighted by molar-refractivity contribution is 0.275. The van der Waals surface area contributed by atoms with E-state index >= 15 is 0 Å². The lowest BCUT2D eigenvalue weighted by atomic mass is 10.1. The van der Waals surface area contributed by atoms with Crippen LogP contribution in [0.15, 0.2) is 48.5 Å². The fourth-order valence-electron chi connectivity index (χ4n) is 1.13. The molecule has 0 aliphatic heterocycles. The van der Waals surface area contributed by atoms with Gasteiger partial charge in [0.1, 0.15) is 0 Å². The minimum Gasteiger partial charge on any atom is -0.303 e. The third-order valence-electron chi connectivity index (χ3n) is 1.66. The molecule has 0 spiro atoms. The second-order valence-electron chi connectivity index (χ2n) is 2.86. The van der Waals surface area contributed by atoms with Crippen molar-refractivity contribution in [1.29, 1.82) is 0 Å². The molecule has 5 heteroatoms. The molecule has 0 bridgehead atoms. The first kappa shape index (κ1) is 11.9. The Balaban J connectivity index is 0.000000195. The molecule has 2 rings (SSSR count). The summed E-state index contributed by atoms with van der Waals surface area (Å²) in [5.74, 6) is 0. The van der Waals surface area contributed by atoms with Crippen LogP contribution in [0, 0.1) is 0 Å². The summed E-state index contributed by atoms with van der Waals surface area (Å²) in [7, 11) is -4.64. The Labute approximate surface area is 87.1 Å². The van der Waals surface area contributed by atoms with Crippen molar-refractivity contribution in [3.8, 4) is 0 Å². The molecule has 2 aromatic carbocycles. The number of fused-ring (bicyclic) bond motifs is 1. The molecule has 0 saturated carbocycles. The average molecular weight is 226 g/mol. The number of hydrogen-bond acceptors (Lipinski definition) is 1. The van der Waals surface area contributed by atoms with E-state index in [1.807, 2.05) is 0 Å². The van der Waals surface area contributed by atoms with Crippen molar-refractivity contribution >= 4 is 18.6 Å². The van der Waals surface area contributed by atoms with Crippen LogP contribution in [0.3, 0.4) is 0 Å². The summed E-state index contributed by atoms with van der Waals surface area (Å²) in [6.45, 7) is 0. The summed E-state index contributed by atoms with van der Waals surface area (Å²) in [4.78, 5) is 21.6.